The van der Waals surface area contributed by atoms with E-state index in [0.717, 1.165) is 17.7 Å². The molecule has 0 aliphatic rings. The smallest absolute Gasteiger partial charge is 0.416 e. The molecule has 0 spiro atoms. The van der Waals surface area contributed by atoms with Crippen LogP contribution < -0.4 is 4.74 Å². The Morgan fingerprint density at radius 2 is 1.75 bits per heavy atom. The standard InChI is InChI=1S/C16H11F3O/c1-2-13-10-14(16(17,18)19)8-9-15(13)20-11-12-6-4-3-5-7-12/h1,3-10H,11H2. The quantitative estimate of drug-likeness (QED) is 0.761. The zero-order chi connectivity index (χ0) is 14.6. The van der Waals surface area contributed by atoms with Gasteiger partial charge in [-0.15, -0.1) is 6.42 Å². The summed E-state index contributed by atoms with van der Waals surface area (Å²) < 4.78 is 43.2. The fourth-order valence-electron chi connectivity index (χ4n) is 1.68. The molecular weight excluding hydrogens is 265 g/mol. The van der Waals surface area contributed by atoms with Crippen LogP contribution in [0.15, 0.2) is 48.5 Å². The van der Waals surface area contributed by atoms with E-state index in [1.54, 1.807) is 0 Å². The van der Waals surface area contributed by atoms with E-state index in [1.807, 2.05) is 30.3 Å². The lowest BCUT2D eigenvalue weighted by Crippen LogP contribution is -2.06. The number of hydrogen-bond donors (Lipinski definition) is 0. The minimum Gasteiger partial charge on any atom is -0.488 e. The van der Waals surface area contributed by atoms with Crippen molar-refractivity contribution in [3.63, 3.8) is 0 Å². The Hall–Kier alpha value is -2.41. The second kappa shape index (κ2) is 5.70. The normalized spacial score (nSPS) is 10.9. The van der Waals surface area contributed by atoms with Crippen molar-refractivity contribution >= 4 is 0 Å². The molecule has 0 aliphatic heterocycles. The van der Waals surface area contributed by atoms with E-state index in [0.29, 0.717) is 0 Å². The molecule has 0 fully saturated rings. The second-order valence-electron chi connectivity index (χ2n) is 4.13. The number of terminal acetylenes is 1. The van der Waals surface area contributed by atoms with Gasteiger partial charge in [0, 0.05) is 0 Å². The van der Waals surface area contributed by atoms with Crippen LogP contribution in [0.3, 0.4) is 0 Å². The Balaban J connectivity index is 2.19. The summed E-state index contributed by atoms with van der Waals surface area (Å²) in [5.41, 5.74) is 0.226. The molecular formula is C16H11F3O. The van der Waals surface area contributed by atoms with Crippen LogP contribution >= 0.6 is 0 Å². The summed E-state index contributed by atoms with van der Waals surface area (Å²) in [4.78, 5) is 0. The van der Waals surface area contributed by atoms with Gasteiger partial charge < -0.3 is 4.74 Å². The summed E-state index contributed by atoms with van der Waals surface area (Å²) in [6.45, 7) is 0.251. The third-order valence-corrected chi connectivity index (χ3v) is 2.70. The molecule has 0 saturated heterocycles. The molecule has 20 heavy (non-hydrogen) atoms. The Kier molecular flexibility index (Phi) is 3.99. The topological polar surface area (TPSA) is 9.23 Å². The molecule has 0 N–H and O–H groups in total. The van der Waals surface area contributed by atoms with Crippen molar-refractivity contribution in [2.75, 3.05) is 0 Å². The first-order chi connectivity index (χ1) is 9.50. The van der Waals surface area contributed by atoms with Crippen LogP contribution in [-0.2, 0) is 12.8 Å². The van der Waals surface area contributed by atoms with Gasteiger partial charge in [-0.3, -0.25) is 0 Å². The molecule has 0 aromatic heterocycles. The molecule has 0 bridgehead atoms. The van der Waals surface area contributed by atoms with Crippen LogP contribution in [0.25, 0.3) is 0 Å². The first kappa shape index (κ1) is 14.0. The van der Waals surface area contributed by atoms with Crippen molar-refractivity contribution < 1.29 is 17.9 Å². The molecule has 1 nitrogen and oxygen atoms in total. The number of rotatable bonds is 3. The highest BCUT2D eigenvalue weighted by Crippen LogP contribution is 2.32. The summed E-state index contributed by atoms with van der Waals surface area (Å²) in [5, 5.41) is 0. The maximum Gasteiger partial charge on any atom is 0.416 e. The maximum atomic E-state index is 12.6. The van der Waals surface area contributed by atoms with E-state index >= 15 is 0 Å². The third-order valence-electron chi connectivity index (χ3n) is 2.70. The van der Waals surface area contributed by atoms with Crippen molar-refractivity contribution in [1.29, 1.82) is 0 Å². The predicted molar refractivity (Wildman–Crippen MR) is 70.2 cm³/mol. The molecule has 102 valence electrons. The molecule has 0 amide bonds. The summed E-state index contributed by atoms with van der Waals surface area (Å²) in [7, 11) is 0. The third kappa shape index (κ3) is 3.33. The van der Waals surface area contributed by atoms with Gasteiger partial charge in [-0.2, -0.15) is 13.2 Å². The lowest BCUT2D eigenvalue weighted by molar-refractivity contribution is -0.137. The Morgan fingerprint density at radius 3 is 2.35 bits per heavy atom. The molecule has 2 aromatic rings. The zero-order valence-electron chi connectivity index (χ0n) is 10.4. The first-order valence-corrected chi connectivity index (χ1v) is 5.85. The van der Waals surface area contributed by atoms with Gasteiger partial charge in [0.15, 0.2) is 0 Å². The molecule has 0 saturated carbocycles. The van der Waals surface area contributed by atoms with Crippen LogP contribution in [0, 0.1) is 12.3 Å². The van der Waals surface area contributed by atoms with Gasteiger partial charge in [-0.1, -0.05) is 36.3 Å². The largest absolute Gasteiger partial charge is 0.488 e. The van der Waals surface area contributed by atoms with E-state index in [-0.39, 0.29) is 17.9 Å². The molecule has 2 rings (SSSR count). The van der Waals surface area contributed by atoms with E-state index in [2.05, 4.69) is 5.92 Å². The highest BCUT2D eigenvalue weighted by Gasteiger charge is 2.31. The fraction of sp³-hybridized carbons (Fsp3) is 0.125. The summed E-state index contributed by atoms with van der Waals surface area (Å²) >= 11 is 0. The molecule has 4 heteroatoms. The fourth-order valence-corrected chi connectivity index (χ4v) is 1.68. The maximum absolute atomic E-state index is 12.6. The van der Waals surface area contributed by atoms with Gasteiger partial charge >= 0.3 is 6.18 Å². The van der Waals surface area contributed by atoms with Crippen LogP contribution in [0.4, 0.5) is 13.2 Å². The predicted octanol–water partition coefficient (Wildman–Crippen LogP) is 4.27. The van der Waals surface area contributed by atoms with E-state index < -0.39 is 11.7 Å². The lowest BCUT2D eigenvalue weighted by Gasteiger charge is -2.11. The molecule has 0 atom stereocenters. The monoisotopic (exact) mass is 276 g/mol. The minimum atomic E-state index is -4.41. The molecule has 0 radical (unpaired) electrons. The van der Waals surface area contributed by atoms with Gasteiger partial charge in [-0.05, 0) is 23.8 Å². The number of benzene rings is 2. The van der Waals surface area contributed by atoms with Crippen LogP contribution in [-0.4, -0.2) is 0 Å². The Morgan fingerprint density at radius 1 is 1.05 bits per heavy atom. The summed E-state index contributed by atoms with van der Waals surface area (Å²) in [5.74, 6) is 2.49. The van der Waals surface area contributed by atoms with Gasteiger partial charge in [0.2, 0.25) is 0 Å². The van der Waals surface area contributed by atoms with Gasteiger partial charge in [-0.25, -0.2) is 0 Å². The van der Waals surface area contributed by atoms with Gasteiger partial charge in [0.25, 0.3) is 0 Å². The number of halogens is 3. The van der Waals surface area contributed by atoms with E-state index in [4.69, 9.17) is 11.2 Å². The Labute approximate surface area is 115 Å². The van der Waals surface area contributed by atoms with E-state index in [9.17, 15) is 13.2 Å². The average Bonchev–Trinajstić information content (AvgIpc) is 2.45. The van der Waals surface area contributed by atoms with Crippen molar-refractivity contribution in [1.82, 2.24) is 0 Å². The van der Waals surface area contributed by atoms with Crippen molar-refractivity contribution in [2.24, 2.45) is 0 Å². The SMILES string of the molecule is C#Cc1cc(C(F)(F)F)ccc1OCc1ccccc1. The summed E-state index contributed by atoms with van der Waals surface area (Å²) in [6, 6.07) is 12.4. The minimum absolute atomic E-state index is 0.0933. The van der Waals surface area contributed by atoms with Crippen molar-refractivity contribution in [2.45, 2.75) is 12.8 Å². The van der Waals surface area contributed by atoms with Crippen LogP contribution in [0.2, 0.25) is 0 Å². The van der Waals surface area contributed by atoms with Crippen LogP contribution in [0.5, 0.6) is 5.75 Å². The zero-order valence-corrected chi connectivity index (χ0v) is 10.4. The van der Waals surface area contributed by atoms with E-state index in [1.165, 1.54) is 6.07 Å². The molecule has 0 unspecified atom stereocenters. The molecule has 0 heterocycles. The lowest BCUT2D eigenvalue weighted by atomic mass is 10.1. The summed E-state index contributed by atoms with van der Waals surface area (Å²) in [6.07, 6.45) is 0.821. The molecule has 0 aliphatic carbocycles. The number of alkyl halides is 3. The first-order valence-electron chi connectivity index (χ1n) is 5.85. The Bertz CT molecular complexity index is 624. The van der Waals surface area contributed by atoms with Crippen molar-refractivity contribution in [3.05, 3.63) is 65.2 Å². The number of hydrogen-bond acceptors (Lipinski definition) is 1. The van der Waals surface area contributed by atoms with Crippen molar-refractivity contribution in [3.8, 4) is 18.1 Å². The van der Waals surface area contributed by atoms with Gasteiger partial charge in [0.1, 0.15) is 12.4 Å². The molecule has 2 aromatic carbocycles. The van der Waals surface area contributed by atoms with Crippen LogP contribution in [0.1, 0.15) is 16.7 Å². The highest BCUT2D eigenvalue weighted by molar-refractivity contribution is 5.47. The second-order valence-corrected chi connectivity index (χ2v) is 4.13. The average molecular weight is 276 g/mol. The highest BCUT2D eigenvalue weighted by atomic mass is 19.4. The van der Waals surface area contributed by atoms with Gasteiger partial charge in [0.05, 0.1) is 11.1 Å². The number of ether oxygens (including phenoxy) is 1.